The van der Waals surface area contributed by atoms with Crippen LogP contribution >= 0.6 is 46.6 Å². The van der Waals surface area contributed by atoms with Gasteiger partial charge in [0.1, 0.15) is 0 Å². The minimum Gasteiger partial charge on any atom is -0.290 e. The Hall–Kier alpha value is 0.110. The molecule has 69 valence electrons. The molecule has 0 aromatic heterocycles. The Morgan fingerprint density at radius 2 is 1.77 bits per heavy atom. The summed E-state index contributed by atoms with van der Waals surface area (Å²) in [6.07, 6.45) is 1.75. The maximum absolute atomic E-state index is 10.0. The Morgan fingerprint density at radius 1 is 1.23 bits per heavy atom. The normalized spacial score (nSPS) is 10.1. The topological polar surface area (TPSA) is 17.1 Å². The lowest BCUT2D eigenvalue weighted by Crippen LogP contribution is -1.82. The second kappa shape index (κ2) is 5.11. The van der Waals surface area contributed by atoms with Crippen LogP contribution in [0.3, 0.4) is 0 Å². The van der Waals surface area contributed by atoms with Crippen LogP contribution in [0.15, 0.2) is 17.0 Å². The largest absolute Gasteiger partial charge is 0.290 e. The molecule has 0 bridgehead atoms. The first-order chi connectivity index (χ1) is 6.15. The fraction of sp³-hybridized carbons (Fsp3) is 0.125. The van der Waals surface area contributed by atoms with E-state index in [0.717, 1.165) is 0 Å². The van der Waals surface area contributed by atoms with Crippen molar-refractivity contribution in [3.05, 3.63) is 27.2 Å². The van der Waals surface area contributed by atoms with Gasteiger partial charge < -0.3 is 0 Å². The molecule has 0 aliphatic heterocycles. The molecule has 0 spiro atoms. The second-order valence-corrected chi connectivity index (χ2v) is 4.37. The van der Waals surface area contributed by atoms with Crippen LogP contribution in [0.2, 0.25) is 15.1 Å². The van der Waals surface area contributed by atoms with E-state index in [0.29, 0.717) is 20.0 Å². The van der Waals surface area contributed by atoms with Crippen LogP contribution in [0.5, 0.6) is 0 Å². The van der Waals surface area contributed by atoms with Crippen molar-refractivity contribution in [1.82, 2.24) is 0 Å². The fourth-order valence-corrected chi connectivity index (χ4v) is 2.51. The molecule has 0 aliphatic carbocycles. The average molecular weight is 255 g/mol. The number of hydrogen-bond donors (Lipinski definition) is 0. The quantitative estimate of drug-likeness (QED) is 0.762. The number of benzene rings is 1. The molecule has 0 unspecified atom stereocenters. The molecule has 0 atom stereocenters. The van der Waals surface area contributed by atoms with Gasteiger partial charge in [0.2, 0.25) is 6.29 Å². The third kappa shape index (κ3) is 3.06. The van der Waals surface area contributed by atoms with Crippen molar-refractivity contribution in [2.75, 3.05) is 5.75 Å². The highest BCUT2D eigenvalue weighted by atomic mass is 35.5. The molecule has 1 aromatic rings. The molecule has 13 heavy (non-hydrogen) atoms. The highest BCUT2D eigenvalue weighted by molar-refractivity contribution is 8.00. The van der Waals surface area contributed by atoms with E-state index in [9.17, 15) is 4.79 Å². The van der Waals surface area contributed by atoms with E-state index in [2.05, 4.69) is 0 Å². The minimum atomic E-state index is 0.209. The molecule has 1 aromatic carbocycles. The lowest BCUT2D eigenvalue weighted by molar-refractivity contribution is 0.560. The minimum absolute atomic E-state index is 0.209. The summed E-state index contributed by atoms with van der Waals surface area (Å²) in [4.78, 5) is 10.7. The van der Waals surface area contributed by atoms with E-state index in [-0.39, 0.29) is 5.75 Å². The van der Waals surface area contributed by atoms with Crippen molar-refractivity contribution < 1.29 is 4.79 Å². The van der Waals surface area contributed by atoms with Crippen molar-refractivity contribution in [3.63, 3.8) is 0 Å². The lowest BCUT2D eigenvalue weighted by Gasteiger charge is -2.04. The molecular weight excluding hydrogens is 251 g/mol. The van der Waals surface area contributed by atoms with Crippen molar-refractivity contribution in [1.29, 1.82) is 0 Å². The average Bonchev–Trinajstić information content (AvgIpc) is 2.02. The molecule has 0 saturated heterocycles. The molecule has 0 N–H and O–H groups in total. The number of halogens is 3. The predicted molar refractivity (Wildman–Crippen MR) is 57.9 cm³/mol. The van der Waals surface area contributed by atoms with E-state index in [4.69, 9.17) is 34.8 Å². The third-order valence-corrected chi connectivity index (χ3v) is 3.27. The highest BCUT2D eigenvalue weighted by Gasteiger charge is 2.07. The Bertz CT molecular complexity index is 304. The molecule has 1 rings (SSSR count). The van der Waals surface area contributed by atoms with E-state index < -0.39 is 0 Å². The van der Waals surface area contributed by atoms with Crippen molar-refractivity contribution >= 4 is 52.9 Å². The first-order valence-corrected chi connectivity index (χ1v) is 5.39. The highest BCUT2D eigenvalue weighted by Crippen LogP contribution is 2.36. The van der Waals surface area contributed by atoms with E-state index in [1.54, 1.807) is 18.4 Å². The first kappa shape index (κ1) is 11.2. The van der Waals surface area contributed by atoms with Gasteiger partial charge in [-0.25, -0.2) is 0 Å². The molecule has 1 nitrogen and oxygen atoms in total. The molecule has 0 aliphatic rings. The van der Waals surface area contributed by atoms with Crippen LogP contribution in [0.1, 0.15) is 0 Å². The van der Waals surface area contributed by atoms with E-state index in [1.807, 2.05) is 0 Å². The van der Waals surface area contributed by atoms with Crippen molar-refractivity contribution in [2.45, 2.75) is 4.90 Å². The van der Waals surface area contributed by atoms with Gasteiger partial charge in [0.25, 0.3) is 0 Å². The molecule has 0 fully saturated rings. The van der Waals surface area contributed by atoms with Crippen LogP contribution in [0, 0.1) is 0 Å². The Morgan fingerprint density at radius 3 is 2.23 bits per heavy atom. The SMILES string of the molecule is O=[C]CSc1c(Cl)cc(Cl)cc1Cl. The zero-order chi connectivity index (χ0) is 9.84. The third-order valence-electron chi connectivity index (χ3n) is 1.24. The predicted octanol–water partition coefficient (Wildman–Crippen LogP) is 3.85. The summed E-state index contributed by atoms with van der Waals surface area (Å²) in [5.74, 6) is 0.209. The van der Waals surface area contributed by atoms with Gasteiger partial charge in [0.05, 0.1) is 15.8 Å². The van der Waals surface area contributed by atoms with Gasteiger partial charge in [0, 0.05) is 9.92 Å². The Labute approximate surface area is 95.4 Å². The lowest BCUT2D eigenvalue weighted by atomic mass is 10.4. The molecule has 0 amide bonds. The molecule has 0 heterocycles. The standard InChI is InChI=1S/C8H4Cl3OS/c9-5-3-6(10)8(7(11)4-5)13-2-1-12/h3-4H,2H2. The summed E-state index contributed by atoms with van der Waals surface area (Å²) < 4.78 is 0. The summed E-state index contributed by atoms with van der Waals surface area (Å²) in [6, 6.07) is 3.17. The van der Waals surface area contributed by atoms with Crippen LogP contribution in [-0.2, 0) is 4.79 Å². The number of thioether (sulfide) groups is 1. The summed E-state index contributed by atoms with van der Waals surface area (Å²) >= 11 is 18.6. The maximum atomic E-state index is 10.0. The summed E-state index contributed by atoms with van der Waals surface area (Å²) in [7, 11) is 0. The number of carbonyl (C=O) groups excluding carboxylic acids is 1. The van der Waals surface area contributed by atoms with Crippen LogP contribution < -0.4 is 0 Å². The van der Waals surface area contributed by atoms with Crippen LogP contribution in [0.25, 0.3) is 0 Å². The van der Waals surface area contributed by atoms with Crippen molar-refractivity contribution in [2.24, 2.45) is 0 Å². The first-order valence-electron chi connectivity index (χ1n) is 3.27. The maximum Gasteiger partial charge on any atom is 0.209 e. The smallest absolute Gasteiger partial charge is 0.209 e. The van der Waals surface area contributed by atoms with Gasteiger partial charge in [-0.1, -0.05) is 34.8 Å². The van der Waals surface area contributed by atoms with Gasteiger partial charge in [-0.2, -0.15) is 0 Å². The number of hydrogen-bond acceptors (Lipinski definition) is 2. The van der Waals surface area contributed by atoms with Crippen LogP contribution in [-0.4, -0.2) is 12.0 Å². The summed E-state index contributed by atoms with van der Waals surface area (Å²) in [5.41, 5.74) is 0. The van der Waals surface area contributed by atoms with Gasteiger partial charge in [-0.3, -0.25) is 4.79 Å². The van der Waals surface area contributed by atoms with Gasteiger partial charge >= 0.3 is 0 Å². The van der Waals surface area contributed by atoms with Crippen LogP contribution in [0.4, 0.5) is 0 Å². The molecule has 1 radical (unpaired) electrons. The zero-order valence-corrected chi connectivity index (χ0v) is 9.40. The summed E-state index contributed by atoms with van der Waals surface area (Å²) in [6.45, 7) is 0. The van der Waals surface area contributed by atoms with Gasteiger partial charge in [0.15, 0.2) is 0 Å². The monoisotopic (exact) mass is 253 g/mol. The second-order valence-electron chi connectivity index (χ2n) is 2.13. The van der Waals surface area contributed by atoms with E-state index >= 15 is 0 Å². The molecule has 0 saturated carbocycles. The summed E-state index contributed by atoms with van der Waals surface area (Å²) in [5, 5.41) is 1.39. The zero-order valence-electron chi connectivity index (χ0n) is 6.31. The Kier molecular flexibility index (Phi) is 4.39. The number of rotatable bonds is 3. The fourth-order valence-electron chi connectivity index (χ4n) is 0.768. The Balaban J connectivity index is 2.98. The van der Waals surface area contributed by atoms with Crippen molar-refractivity contribution in [3.8, 4) is 0 Å². The molecular formula is C8H4Cl3OS. The van der Waals surface area contributed by atoms with E-state index in [1.165, 1.54) is 11.8 Å². The van der Waals surface area contributed by atoms with Gasteiger partial charge in [-0.15, -0.1) is 11.8 Å². The van der Waals surface area contributed by atoms with Gasteiger partial charge in [-0.05, 0) is 12.1 Å². The molecule has 5 heteroatoms.